The maximum absolute atomic E-state index is 6.68. The molecule has 2 saturated heterocycles. The quantitative estimate of drug-likeness (QED) is 0.507. The molecule has 2 aliphatic carbocycles. The SMILES string of the molecule is NC(N)(C1CCC(OCC2CO2)CC1)C1CCC(OCC2CO2)CC1. The average Bonchev–Trinajstić information content (AvgIpc) is 3.54. The van der Waals surface area contributed by atoms with Gasteiger partial charge >= 0.3 is 0 Å². The molecule has 4 rings (SSSR count). The highest BCUT2D eigenvalue weighted by Gasteiger charge is 2.42. The van der Waals surface area contributed by atoms with Crippen molar-refractivity contribution < 1.29 is 18.9 Å². The van der Waals surface area contributed by atoms with Gasteiger partial charge < -0.3 is 30.4 Å². The third-order valence-corrected chi connectivity index (χ3v) is 6.60. The molecule has 0 radical (unpaired) electrons. The van der Waals surface area contributed by atoms with Gasteiger partial charge in [-0.1, -0.05) is 0 Å². The van der Waals surface area contributed by atoms with E-state index in [0.29, 0.717) is 36.3 Å². The molecule has 2 heterocycles. The van der Waals surface area contributed by atoms with E-state index in [4.69, 9.17) is 30.4 Å². The first-order chi connectivity index (χ1) is 12.1. The van der Waals surface area contributed by atoms with Gasteiger partial charge in [0.15, 0.2) is 0 Å². The molecule has 0 aromatic carbocycles. The second-order valence-electron chi connectivity index (χ2n) is 8.52. The van der Waals surface area contributed by atoms with Crippen LogP contribution in [0.15, 0.2) is 0 Å². The van der Waals surface area contributed by atoms with Gasteiger partial charge in [0.05, 0.1) is 44.3 Å². The lowest BCUT2D eigenvalue weighted by Crippen LogP contribution is -2.62. The number of hydrogen-bond donors (Lipinski definition) is 2. The van der Waals surface area contributed by atoms with Crippen LogP contribution in [-0.4, -0.2) is 56.5 Å². The molecule has 25 heavy (non-hydrogen) atoms. The van der Waals surface area contributed by atoms with Gasteiger partial charge in [0.2, 0.25) is 0 Å². The molecule has 4 aliphatic rings. The minimum absolute atomic E-state index is 0.352. The molecule has 6 nitrogen and oxygen atoms in total. The predicted octanol–water partition coefficient (Wildman–Crippen LogP) is 1.55. The van der Waals surface area contributed by atoms with Crippen molar-refractivity contribution in [2.24, 2.45) is 23.3 Å². The van der Waals surface area contributed by atoms with Gasteiger partial charge in [-0.3, -0.25) is 0 Å². The summed E-state index contributed by atoms with van der Waals surface area (Å²) in [4.78, 5) is 0. The average molecular weight is 354 g/mol. The lowest BCUT2D eigenvalue weighted by atomic mass is 9.69. The molecule has 2 unspecified atom stereocenters. The van der Waals surface area contributed by atoms with Gasteiger partial charge in [-0.2, -0.15) is 0 Å². The van der Waals surface area contributed by atoms with Crippen LogP contribution in [0.1, 0.15) is 51.4 Å². The van der Waals surface area contributed by atoms with Crippen LogP contribution in [0.4, 0.5) is 0 Å². The van der Waals surface area contributed by atoms with Crippen molar-refractivity contribution in [1.82, 2.24) is 0 Å². The summed E-state index contributed by atoms with van der Waals surface area (Å²) in [5.74, 6) is 0.818. The molecule has 4 fully saturated rings. The van der Waals surface area contributed by atoms with E-state index in [1.807, 2.05) is 0 Å². The molecule has 144 valence electrons. The van der Waals surface area contributed by atoms with Gasteiger partial charge in [-0.05, 0) is 63.2 Å². The summed E-state index contributed by atoms with van der Waals surface area (Å²) in [5.41, 5.74) is 12.8. The Hall–Kier alpha value is -0.240. The number of epoxide rings is 2. The number of hydrogen-bond acceptors (Lipinski definition) is 6. The van der Waals surface area contributed by atoms with E-state index in [2.05, 4.69) is 0 Å². The minimum Gasteiger partial charge on any atom is -0.375 e. The zero-order chi connectivity index (χ0) is 17.3. The first kappa shape index (κ1) is 18.1. The zero-order valence-electron chi connectivity index (χ0n) is 15.2. The predicted molar refractivity (Wildman–Crippen MR) is 94.0 cm³/mol. The summed E-state index contributed by atoms with van der Waals surface area (Å²) < 4.78 is 22.3. The van der Waals surface area contributed by atoms with Crippen LogP contribution in [0.5, 0.6) is 0 Å². The summed E-state index contributed by atoms with van der Waals surface area (Å²) in [5, 5.41) is 0. The Morgan fingerprint density at radius 3 is 1.36 bits per heavy atom. The van der Waals surface area contributed by atoms with Crippen molar-refractivity contribution in [2.75, 3.05) is 26.4 Å². The Balaban J connectivity index is 1.18. The van der Waals surface area contributed by atoms with Crippen LogP contribution in [0.2, 0.25) is 0 Å². The maximum Gasteiger partial charge on any atom is 0.104 e. The Bertz CT molecular complexity index is 385. The Morgan fingerprint density at radius 1 is 0.680 bits per heavy atom. The minimum atomic E-state index is -0.546. The van der Waals surface area contributed by atoms with Gasteiger partial charge in [0.1, 0.15) is 12.2 Å². The summed E-state index contributed by atoms with van der Waals surface area (Å²) >= 11 is 0. The van der Waals surface area contributed by atoms with E-state index in [1.54, 1.807) is 0 Å². The van der Waals surface area contributed by atoms with Gasteiger partial charge in [-0.15, -0.1) is 0 Å². The summed E-state index contributed by atoms with van der Waals surface area (Å²) in [6.45, 7) is 3.23. The fraction of sp³-hybridized carbons (Fsp3) is 1.00. The molecule has 2 aliphatic heterocycles. The fourth-order valence-corrected chi connectivity index (χ4v) is 4.61. The number of ether oxygens (including phenoxy) is 4. The van der Waals surface area contributed by atoms with Crippen LogP contribution in [-0.2, 0) is 18.9 Å². The molecule has 0 bridgehead atoms. The molecule has 0 aromatic rings. The number of nitrogens with two attached hydrogens (primary N) is 2. The maximum atomic E-state index is 6.68. The van der Waals surface area contributed by atoms with Gasteiger partial charge in [0.25, 0.3) is 0 Å². The summed E-state index contributed by atoms with van der Waals surface area (Å²) in [6.07, 6.45) is 10.1. The molecule has 0 amide bonds. The summed E-state index contributed by atoms with van der Waals surface area (Å²) in [6, 6.07) is 0. The molecule has 6 heteroatoms. The highest BCUT2D eigenvalue weighted by atomic mass is 16.6. The van der Waals surface area contributed by atoms with Crippen molar-refractivity contribution in [3.05, 3.63) is 0 Å². The van der Waals surface area contributed by atoms with Crippen LogP contribution in [0.3, 0.4) is 0 Å². The topological polar surface area (TPSA) is 95.6 Å². The smallest absolute Gasteiger partial charge is 0.104 e. The van der Waals surface area contributed by atoms with Crippen molar-refractivity contribution in [3.63, 3.8) is 0 Å². The highest BCUT2D eigenvalue weighted by molar-refractivity contribution is 4.96. The van der Waals surface area contributed by atoms with Crippen LogP contribution < -0.4 is 11.5 Å². The third-order valence-electron chi connectivity index (χ3n) is 6.60. The van der Waals surface area contributed by atoms with E-state index in [0.717, 1.165) is 77.8 Å². The monoisotopic (exact) mass is 354 g/mol. The van der Waals surface area contributed by atoms with Gasteiger partial charge in [0, 0.05) is 0 Å². The molecule has 0 aromatic heterocycles. The molecule has 2 saturated carbocycles. The Kier molecular flexibility index (Phi) is 5.65. The normalized spacial score (nSPS) is 41.5. The van der Waals surface area contributed by atoms with Crippen LogP contribution >= 0.6 is 0 Å². The van der Waals surface area contributed by atoms with E-state index in [1.165, 1.54) is 0 Å². The highest BCUT2D eigenvalue weighted by Crippen LogP contribution is 2.40. The Morgan fingerprint density at radius 2 is 1.04 bits per heavy atom. The molecule has 0 spiro atoms. The third kappa shape index (κ3) is 4.93. The molecule has 4 N–H and O–H groups in total. The van der Waals surface area contributed by atoms with Crippen LogP contribution in [0.25, 0.3) is 0 Å². The van der Waals surface area contributed by atoms with Crippen molar-refractivity contribution in [3.8, 4) is 0 Å². The van der Waals surface area contributed by atoms with Crippen molar-refractivity contribution in [1.29, 1.82) is 0 Å². The van der Waals surface area contributed by atoms with E-state index in [9.17, 15) is 0 Å². The fourth-order valence-electron chi connectivity index (χ4n) is 4.61. The van der Waals surface area contributed by atoms with Crippen molar-refractivity contribution in [2.45, 2.75) is 81.4 Å². The van der Waals surface area contributed by atoms with E-state index < -0.39 is 5.66 Å². The van der Waals surface area contributed by atoms with Crippen molar-refractivity contribution >= 4 is 0 Å². The second kappa shape index (κ2) is 7.79. The first-order valence-corrected chi connectivity index (χ1v) is 10.2. The van der Waals surface area contributed by atoms with E-state index >= 15 is 0 Å². The molecular formula is C19H34N2O4. The summed E-state index contributed by atoms with van der Waals surface area (Å²) in [7, 11) is 0. The largest absolute Gasteiger partial charge is 0.375 e. The zero-order valence-corrected chi connectivity index (χ0v) is 15.2. The Labute approximate surface area is 150 Å². The first-order valence-electron chi connectivity index (χ1n) is 10.2. The van der Waals surface area contributed by atoms with E-state index in [-0.39, 0.29) is 0 Å². The molecule has 2 atom stereocenters. The standard InChI is InChI=1S/C19H34N2O4/c20-19(21,13-1-5-15(6-2-13)22-9-17-11-24-17)14-3-7-16(8-4-14)23-10-18-12-25-18/h13-18H,1-12,20-21H2. The lowest BCUT2D eigenvalue weighted by molar-refractivity contribution is -0.0224. The molecular weight excluding hydrogens is 320 g/mol. The van der Waals surface area contributed by atoms with Gasteiger partial charge in [-0.25, -0.2) is 0 Å². The second-order valence-corrected chi connectivity index (χ2v) is 8.52. The van der Waals surface area contributed by atoms with Crippen LogP contribution in [0, 0.1) is 11.8 Å². The number of rotatable bonds is 8. The lowest BCUT2D eigenvalue weighted by Gasteiger charge is -2.45.